The minimum absolute atomic E-state index is 0.0176. The normalized spacial score (nSPS) is 12.0. The molecule has 0 fully saturated rings. The Morgan fingerprint density at radius 1 is 1.26 bits per heavy atom. The number of carbonyl (C=O) groups excluding carboxylic acids is 1. The summed E-state index contributed by atoms with van der Waals surface area (Å²) in [5, 5.41) is 12.1. The van der Waals surface area contributed by atoms with Gasteiger partial charge < -0.3 is 4.90 Å². The number of tetrazole rings is 1. The first-order valence-electron chi connectivity index (χ1n) is 8.64. The van der Waals surface area contributed by atoms with Gasteiger partial charge in [-0.05, 0) is 55.0 Å². The van der Waals surface area contributed by atoms with Crippen LogP contribution < -0.4 is 0 Å². The Bertz CT molecular complexity index is 924. The number of rotatable bonds is 6. The van der Waals surface area contributed by atoms with Crippen molar-refractivity contribution in [3.05, 3.63) is 59.7 Å². The molecule has 0 N–H and O–H groups in total. The van der Waals surface area contributed by atoms with Crippen LogP contribution in [0.1, 0.15) is 18.2 Å². The van der Waals surface area contributed by atoms with E-state index < -0.39 is 0 Å². The molecule has 0 radical (unpaired) electrons. The van der Waals surface area contributed by atoms with Crippen molar-refractivity contribution in [3.63, 3.8) is 0 Å². The molecule has 0 aliphatic rings. The first-order chi connectivity index (χ1) is 12.9. The van der Waals surface area contributed by atoms with Gasteiger partial charge in [-0.2, -0.15) is 4.80 Å². The standard InChI is InChI=1S/C19H21FN6O/c1-13-5-4-10-21-17(13)11-14(2)25(3)18(27)12-26-23-19(22-24-26)15-6-8-16(20)9-7-15/h4-10,14H,11-12H2,1-3H3. The number of hydrogen-bond acceptors (Lipinski definition) is 5. The van der Waals surface area contributed by atoms with Crippen molar-refractivity contribution in [1.82, 2.24) is 30.1 Å². The lowest BCUT2D eigenvalue weighted by Gasteiger charge is -2.25. The summed E-state index contributed by atoms with van der Waals surface area (Å²) in [4.78, 5) is 19.8. The molecule has 7 nitrogen and oxygen atoms in total. The third kappa shape index (κ3) is 4.52. The van der Waals surface area contributed by atoms with E-state index in [0.29, 0.717) is 17.8 Å². The monoisotopic (exact) mass is 368 g/mol. The first kappa shape index (κ1) is 18.6. The predicted molar refractivity (Wildman–Crippen MR) is 98.1 cm³/mol. The van der Waals surface area contributed by atoms with Gasteiger partial charge in [-0.25, -0.2) is 4.39 Å². The predicted octanol–water partition coefficient (Wildman–Crippen LogP) is 2.27. The number of hydrogen-bond donors (Lipinski definition) is 0. The highest BCUT2D eigenvalue weighted by Gasteiger charge is 2.19. The SMILES string of the molecule is Cc1cccnc1CC(C)N(C)C(=O)Cn1nnc(-c2ccc(F)cc2)n1. The summed E-state index contributed by atoms with van der Waals surface area (Å²) in [6, 6.07) is 9.68. The summed E-state index contributed by atoms with van der Waals surface area (Å²) in [7, 11) is 1.75. The number of amides is 1. The molecule has 0 aliphatic carbocycles. The molecular formula is C19H21FN6O. The molecule has 8 heteroatoms. The van der Waals surface area contributed by atoms with E-state index in [1.165, 1.54) is 16.9 Å². The second kappa shape index (κ2) is 8.03. The van der Waals surface area contributed by atoms with Crippen molar-refractivity contribution < 1.29 is 9.18 Å². The molecule has 1 amide bonds. The third-order valence-corrected chi connectivity index (χ3v) is 4.49. The van der Waals surface area contributed by atoms with Crippen LogP contribution in [0.2, 0.25) is 0 Å². The molecule has 140 valence electrons. The first-order valence-corrected chi connectivity index (χ1v) is 8.64. The number of likely N-dealkylation sites (N-methyl/N-ethyl adjacent to an activating group) is 1. The maximum atomic E-state index is 13.0. The molecule has 1 aromatic carbocycles. The number of aromatic nitrogens is 5. The Morgan fingerprint density at radius 2 is 2.00 bits per heavy atom. The molecule has 2 aromatic heterocycles. The maximum absolute atomic E-state index is 13.0. The van der Waals surface area contributed by atoms with Gasteiger partial charge in [0.1, 0.15) is 12.4 Å². The maximum Gasteiger partial charge on any atom is 0.246 e. The summed E-state index contributed by atoms with van der Waals surface area (Å²) >= 11 is 0. The van der Waals surface area contributed by atoms with Crippen LogP contribution >= 0.6 is 0 Å². The number of benzene rings is 1. The summed E-state index contributed by atoms with van der Waals surface area (Å²) in [5.74, 6) is -0.109. The van der Waals surface area contributed by atoms with Crippen LogP contribution in [0.4, 0.5) is 4.39 Å². The van der Waals surface area contributed by atoms with Gasteiger partial charge in [-0.15, -0.1) is 10.2 Å². The summed E-state index contributed by atoms with van der Waals surface area (Å²) in [5.41, 5.74) is 2.72. The number of aryl methyl sites for hydroxylation is 1. The Labute approximate surface area is 156 Å². The van der Waals surface area contributed by atoms with Gasteiger partial charge in [0, 0.05) is 37.0 Å². The van der Waals surface area contributed by atoms with Crippen molar-refractivity contribution in [3.8, 4) is 11.4 Å². The van der Waals surface area contributed by atoms with Crippen LogP contribution in [0, 0.1) is 12.7 Å². The van der Waals surface area contributed by atoms with Crippen LogP contribution in [0.25, 0.3) is 11.4 Å². The highest BCUT2D eigenvalue weighted by atomic mass is 19.1. The summed E-state index contributed by atoms with van der Waals surface area (Å²) in [6.07, 6.45) is 2.42. The van der Waals surface area contributed by atoms with E-state index >= 15 is 0 Å². The topological polar surface area (TPSA) is 76.8 Å². The Balaban J connectivity index is 1.63. The van der Waals surface area contributed by atoms with E-state index in [-0.39, 0.29) is 24.3 Å². The van der Waals surface area contributed by atoms with Gasteiger partial charge in [0.05, 0.1) is 0 Å². The molecule has 0 aliphatic heterocycles. The van der Waals surface area contributed by atoms with Crippen molar-refractivity contribution in [1.29, 1.82) is 0 Å². The molecule has 0 saturated heterocycles. The minimum atomic E-state index is -0.333. The Morgan fingerprint density at radius 3 is 2.70 bits per heavy atom. The Kier molecular flexibility index (Phi) is 5.54. The van der Waals surface area contributed by atoms with Crippen molar-refractivity contribution in [2.75, 3.05) is 7.05 Å². The van der Waals surface area contributed by atoms with Crippen LogP contribution in [0.15, 0.2) is 42.6 Å². The number of halogens is 1. The number of pyridine rings is 1. The lowest BCUT2D eigenvalue weighted by Crippen LogP contribution is -2.39. The van der Waals surface area contributed by atoms with Gasteiger partial charge >= 0.3 is 0 Å². The molecule has 0 spiro atoms. The average Bonchev–Trinajstić information content (AvgIpc) is 3.12. The smallest absolute Gasteiger partial charge is 0.246 e. The fourth-order valence-electron chi connectivity index (χ4n) is 2.65. The number of nitrogens with zero attached hydrogens (tertiary/aromatic N) is 6. The van der Waals surface area contributed by atoms with Crippen LogP contribution in [0.3, 0.4) is 0 Å². The van der Waals surface area contributed by atoms with E-state index in [0.717, 1.165) is 11.3 Å². The number of carbonyl (C=O) groups is 1. The van der Waals surface area contributed by atoms with Crippen molar-refractivity contribution in [2.45, 2.75) is 32.9 Å². The van der Waals surface area contributed by atoms with Crippen molar-refractivity contribution in [2.24, 2.45) is 0 Å². The van der Waals surface area contributed by atoms with Crippen LogP contribution in [-0.4, -0.2) is 49.1 Å². The van der Waals surface area contributed by atoms with E-state index in [1.807, 2.05) is 26.0 Å². The van der Waals surface area contributed by atoms with Crippen LogP contribution in [0.5, 0.6) is 0 Å². The average molecular weight is 368 g/mol. The molecule has 3 aromatic rings. The van der Waals surface area contributed by atoms with E-state index in [9.17, 15) is 9.18 Å². The summed E-state index contributed by atoms with van der Waals surface area (Å²) < 4.78 is 13.0. The largest absolute Gasteiger partial charge is 0.341 e. The second-order valence-corrected chi connectivity index (χ2v) is 6.48. The van der Waals surface area contributed by atoms with E-state index in [1.54, 1.807) is 30.3 Å². The zero-order chi connectivity index (χ0) is 19.4. The van der Waals surface area contributed by atoms with Crippen LogP contribution in [-0.2, 0) is 17.8 Å². The highest BCUT2D eigenvalue weighted by Crippen LogP contribution is 2.14. The Hall–Kier alpha value is -3.16. The lowest BCUT2D eigenvalue weighted by atomic mass is 10.1. The third-order valence-electron chi connectivity index (χ3n) is 4.49. The van der Waals surface area contributed by atoms with Gasteiger partial charge in [0.2, 0.25) is 11.7 Å². The van der Waals surface area contributed by atoms with Crippen molar-refractivity contribution >= 4 is 5.91 Å². The van der Waals surface area contributed by atoms with Gasteiger partial charge in [-0.1, -0.05) is 6.07 Å². The minimum Gasteiger partial charge on any atom is -0.341 e. The molecular weight excluding hydrogens is 347 g/mol. The van der Waals surface area contributed by atoms with Gasteiger partial charge in [0.15, 0.2) is 0 Å². The lowest BCUT2D eigenvalue weighted by molar-refractivity contribution is -0.132. The zero-order valence-corrected chi connectivity index (χ0v) is 15.5. The highest BCUT2D eigenvalue weighted by molar-refractivity contribution is 5.75. The second-order valence-electron chi connectivity index (χ2n) is 6.48. The van der Waals surface area contributed by atoms with Gasteiger partial charge in [-0.3, -0.25) is 9.78 Å². The molecule has 1 unspecified atom stereocenters. The molecule has 27 heavy (non-hydrogen) atoms. The molecule has 2 heterocycles. The van der Waals surface area contributed by atoms with Gasteiger partial charge in [0.25, 0.3) is 0 Å². The van der Waals surface area contributed by atoms with E-state index in [4.69, 9.17) is 0 Å². The molecule has 1 atom stereocenters. The molecule has 3 rings (SSSR count). The van der Waals surface area contributed by atoms with E-state index in [2.05, 4.69) is 20.4 Å². The fraction of sp³-hybridized carbons (Fsp3) is 0.316. The molecule has 0 saturated carbocycles. The fourth-order valence-corrected chi connectivity index (χ4v) is 2.65. The quantitative estimate of drug-likeness (QED) is 0.667. The summed E-state index contributed by atoms with van der Waals surface area (Å²) in [6.45, 7) is 3.97. The zero-order valence-electron chi connectivity index (χ0n) is 15.5. The molecule has 0 bridgehead atoms.